The van der Waals surface area contributed by atoms with Crippen molar-refractivity contribution in [1.29, 1.82) is 0 Å². The van der Waals surface area contributed by atoms with E-state index in [1.165, 1.54) is 52.1 Å². The number of methoxy groups -OCH3 is 1. The SMILES string of the molecule is COC(=O)CCCCC[C@@H]1CC[C@]23CCC[C@H]2CCC(=O)[C@H]13. The lowest BCUT2D eigenvalue weighted by Crippen LogP contribution is -2.41. The van der Waals surface area contributed by atoms with Crippen LogP contribution in [0, 0.1) is 23.2 Å². The number of unbranched alkanes of at least 4 members (excludes halogenated alkanes) is 2. The molecule has 0 saturated heterocycles. The third kappa shape index (κ3) is 2.83. The number of hydrogen-bond donors (Lipinski definition) is 0. The van der Waals surface area contributed by atoms with Crippen LogP contribution in [0.5, 0.6) is 0 Å². The van der Waals surface area contributed by atoms with Crippen molar-refractivity contribution >= 4 is 11.8 Å². The van der Waals surface area contributed by atoms with Crippen molar-refractivity contribution < 1.29 is 14.3 Å². The summed E-state index contributed by atoms with van der Waals surface area (Å²) in [7, 11) is 1.45. The van der Waals surface area contributed by atoms with Crippen molar-refractivity contribution in [2.24, 2.45) is 23.2 Å². The Kier molecular flexibility index (Phi) is 4.89. The van der Waals surface area contributed by atoms with Gasteiger partial charge in [-0.15, -0.1) is 0 Å². The molecule has 3 nitrogen and oxygen atoms in total. The predicted molar refractivity (Wildman–Crippen MR) is 85.3 cm³/mol. The number of hydrogen-bond acceptors (Lipinski definition) is 3. The lowest BCUT2D eigenvalue weighted by Gasteiger charge is -2.42. The molecule has 0 bridgehead atoms. The Labute approximate surface area is 134 Å². The first kappa shape index (κ1) is 16.0. The van der Waals surface area contributed by atoms with Crippen molar-refractivity contribution in [3.63, 3.8) is 0 Å². The second-order valence-corrected chi connectivity index (χ2v) is 7.78. The minimum absolute atomic E-state index is 0.101. The first-order valence-corrected chi connectivity index (χ1v) is 9.27. The zero-order chi connectivity index (χ0) is 15.6. The number of carbonyl (C=O) groups is 2. The van der Waals surface area contributed by atoms with Crippen LogP contribution in [-0.4, -0.2) is 18.9 Å². The lowest BCUT2D eigenvalue weighted by atomic mass is 9.61. The van der Waals surface area contributed by atoms with Gasteiger partial charge in [-0.3, -0.25) is 9.59 Å². The van der Waals surface area contributed by atoms with E-state index in [1.807, 2.05) is 0 Å². The molecule has 3 fully saturated rings. The summed E-state index contributed by atoms with van der Waals surface area (Å²) in [6.07, 6.45) is 13.5. The van der Waals surface area contributed by atoms with Crippen LogP contribution in [-0.2, 0) is 14.3 Å². The quantitative estimate of drug-likeness (QED) is 0.543. The van der Waals surface area contributed by atoms with Gasteiger partial charge < -0.3 is 4.74 Å². The Balaban J connectivity index is 1.50. The Morgan fingerprint density at radius 3 is 2.86 bits per heavy atom. The molecule has 3 saturated carbocycles. The highest BCUT2D eigenvalue weighted by Crippen LogP contribution is 2.64. The van der Waals surface area contributed by atoms with Gasteiger partial charge in [-0.05, 0) is 62.2 Å². The average molecular weight is 306 g/mol. The van der Waals surface area contributed by atoms with Crippen LogP contribution in [0.3, 0.4) is 0 Å². The highest BCUT2D eigenvalue weighted by Gasteiger charge is 2.58. The zero-order valence-corrected chi connectivity index (χ0v) is 13.9. The van der Waals surface area contributed by atoms with Crippen molar-refractivity contribution in [3.05, 3.63) is 0 Å². The van der Waals surface area contributed by atoms with Gasteiger partial charge in [0.25, 0.3) is 0 Å². The molecule has 4 atom stereocenters. The van der Waals surface area contributed by atoms with Crippen LogP contribution in [0.25, 0.3) is 0 Å². The number of esters is 1. The van der Waals surface area contributed by atoms with Gasteiger partial charge in [0.15, 0.2) is 0 Å². The fourth-order valence-corrected chi connectivity index (χ4v) is 5.91. The Hall–Kier alpha value is -0.860. The average Bonchev–Trinajstić information content (AvgIpc) is 3.10. The van der Waals surface area contributed by atoms with Crippen LogP contribution in [0.2, 0.25) is 0 Å². The van der Waals surface area contributed by atoms with E-state index in [4.69, 9.17) is 0 Å². The number of ether oxygens (including phenoxy) is 1. The molecule has 0 aromatic carbocycles. The summed E-state index contributed by atoms with van der Waals surface area (Å²) in [6, 6.07) is 0. The highest BCUT2D eigenvalue weighted by atomic mass is 16.5. The molecular weight excluding hydrogens is 276 g/mol. The maximum absolute atomic E-state index is 12.6. The van der Waals surface area contributed by atoms with Crippen molar-refractivity contribution in [2.75, 3.05) is 7.11 Å². The molecule has 0 aliphatic heterocycles. The van der Waals surface area contributed by atoms with Crippen molar-refractivity contribution in [1.82, 2.24) is 0 Å². The first-order chi connectivity index (χ1) is 10.7. The van der Waals surface area contributed by atoms with Crippen LogP contribution in [0.15, 0.2) is 0 Å². The van der Waals surface area contributed by atoms with Crippen LogP contribution < -0.4 is 0 Å². The molecule has 3 aliphatic rings. The molecule has 0 amide bonds. The summed E-state index contributed by atoms with van der Waals surface area (Å²) >= 11 is 0. The number of Topliss-reactive ketones (excluding diaryl/α,β-unsaturated/α-hetero) is 1. The van der Waals surface area contributed by atoms with Gasteiger partial charge in [0.1, 0.15) is 5.78 Å². The maximum atomic E-state index is 12.6. The molecule has 3 heteroatoms. The molecule has 0 aromatic heterocycles. The topological polar surface area (TPSA) is 43.4 Å². The summed E-state index contributed by atoms with van der Waals surface area (Å²) in [5.41, 5.74) is 0.409. The number of ketones is 1. The molecule has 0 aromatic rings. The van der Waals surface area contributed by atoms with E-state index in [2.05, 4.69) is 4.74 Å². The molecule has 3 aliphatic carbocycles. The Morgan fingerprint density at radius 2 is 2.05 bits per heavy atom. The normalized spacial score (nSPS) is 37.0. The second kappa shape index (κ2) is 6.72. The highest BCUT2D eigenvalue weighted by molar-refractivity contribution is 5.83. The summed E-state index contributed by atoms with van der Waals surface area (Å²) in [6.45, 7) is 0. The van der Waals surface area contributed by atoms with Crippen LogP contribution >= 0.6 is 0 Å². The van der Waals surface area contributed by atoms with E-state index >= 15 is 0 Å². The van der Waals surface area contributed by atoms with Gasteiger partial charge in [-0.1, -0.05) is 19.3 Å². The molecule has 0 N–H and O–H groups in total. The summed E-state index contributed by atoms with van der Waals surface area (Å²) in [5, 5.41) is 0. The van der Waals surface area contributed by atoms with Gasteiger partial charge in [0.2, 0.25) is 0 Å². The van der Waals surface area contributed by atoms with Gasteiger partial charge in [0.05, 0.1) is 7.11 Å². The molecule has 0 radical (unpaired) electrons. The van der Waals surface area contributed by atoms with Gasteiger partial charge in [-0.25, -0.2) is 0 Å². The van der Waals surface area contributed by atoms with Crippen LogP contribution in [0.4, 0.5) is 0 Å². The minimum atomic E-state index is -0.101. The molecule has 124 valence electrons. The summed E-state index contributed by atoms with van der Waals surface area (Å²) in [4.78, 5) is 23.7. The zero-order valence-electron chi connectivity index (χ0n) is 13.9. The summed E-state index contributed by atoms with van der Waals surface area (Å²) in [5.74, 6) is 2.34. The largest absolute Gasteiger partial charge is 0.469 e. The lowest BCUT2D eigenvalue weighted by molar-refractivity contribution is -0.140. The smallest absolute Gasteiger partial charge is 0.305 e. The van der Waals surface area contributed by atoms with E-state index in [1.54, 1.807) is 0 Å². The molecule has 22 heavy (non-hydrogen) atoms. The standard InChI is InChI=1S/C19H30O3/c1-22-17(21)8-4-2-3-6-14-11-13-19-12-5-7-15(19)9-10-16(20)18(14)19/h14-15,18H,2-13H2,1H3/t14-,15+,18+,19-/m1/s1. The van der Waals surface area contributed by atoms with Crippen molar-refractivity contribution in [2.45, 2.75) is 77.0 Å². The molecule has 0 heterocycles. The van der Waals surface area contributed by atoms with E-state index in [0.29, 0.717) is 29.5 Å². The van der Waals surface area contributed by atoms with Gasteiger partial charge in [-0.2, -0.15) is 0 Å². The van der Waals surface area contributed by atoms with Crippen LogP contribution in [0.1, 0.15) is 77.0 Å². The molecule has 0 unspecified atom stereocenters. The van der Waals surface area contributed by atoms with E-state index in [9.17, 15) is 9.59 Å². The number of carbonyl (C=O) groups excluding carboxylic acids is 2. The van der Waals surface area contributed by atoms with Gasteiger partial charge in [0, 0.05) is 18.8 Å². The molecular formula is C19H30O3. The molecule has 3 rings (SSSR count). The third-order valence-electron chi connectivity index (χ3n) is 6.85. The maximum Gasteiger partial charge on any atom is 0.305 e. The minimum Gasteiger partial charge on any atom is -0.469 e. The first-order valence-electron chi connectivity index (χ1n) is 9.27. The van der Waals surface area contributed by atoms with E-state index in [0.717, 1.165) is 31.6 Å². The molecule has 1 spiro atoms. The third-order valence-corrected chi connectivity index (χ3v) is 6.85. The second-order valence-electron chi connectivity index (χ2n) is 7.78. The van der Waals surface area contributed by atoms with E-state index < -0.39 is 0 Å². The fourth-order valence-electron chi connectivity index (χ4n) is 5.91. The number of rotatable bonds is 6. The predicted octanol–water partition coefficient (Wildman–Crippen LogP) is 4.29. The fraction of sp³-hybridized carbons (Fsp3) is 0.895. The monoisotopic (exact) mass is 306 g/mol. The summed E-state index contributed by atoms with van der Waals surface area (Å²) < 4.78 is 4.68. The Morgan fingerprint density at radius 1 is 1.18 bits per heavy atom. The van der Waals surface area contributed by atoms with Gasteiger partial charge >= 0.3 is 5.97 Å². The van der Waals surface area contributed by atoms with Crippen molar-refractivity contribution in [3.8, 4) is 0 Å². The van der Waals surface area contributed by atoms with E-state index in [-0.39, 0.29) is 5.97 Å². The Bertz CT molecular complexity index is 430.